The molecule has 0 radical (unpaired) electrons. The van der Waals surface area contributed by atoms with E-state index in [1.807, 2.05) is 4.90 Å². The molecule has 2 amide bonds. The van der Waals surface area contributed by atoms with E-state index in [0.717, 1.165) is 12.8 Å². The quantitative estimate of drug-likeness (QED) is 0.706. The highest BCUT2D eigenvalue weighted by Crippen LogP contribution is 2.31. The van der Waals surface area contributed by atoms with E-state index in [9.17, 15) is 19.1 Å². The minimum absolute atomic E-state index is 0.114. The van der Waals surface area contributed by atoms with Gasteiger partial charge in [0.05, 0.1) is 49.0 Å². The van der Waals surface area contributed by atoms with Crippen LogP contribution >= 0.6 is 0 Å². The topological polar surface area (TPSA) is 113 Å². The number of amides is 2. The van der Waals surface area contributed by atoms with Gasteiger partial charge in [-0.05, 0) is 31.0 Å². The average Bonchev–Trinajstić information content (AvgIpc) is 3.38. The number of carbonyl (C=O) groups excluding carboxylic acids is 2. The zero-order chi connectivity index (χ0) is 22.0. The Kier molecular flexibility index (Phi) is 6.03. The van der Waals surface area contributed by atoms with Gasteiger partial charge in [0.2, 0.25) is 5.91 Å². The van der Waals surface area contributed by atoms with Crippen LogP contribution in [0.15, 0.2) is 24.4 Å². The molecule has 10 nitrogen and oxygen atoms in total. The number of hydrogen-bond donors (Lipinski definition) is 2. The Morgan fingerprint density at radius 3 is 2.81 bits per heavy atom. The predicted octanol–water partition coefficient (Wildman–Crippen LogP) is 1.21. The van der Waals surface area contributed by atoms with Crippen molar-refractivity contribution in [3.8, 4) is 0 Å². The van der Waals surface area contributed by atoms with E-state index in [0.29, 0.717) is 30.2 Å². The van der Waals surface area contributed by atoms with Gasteiger partial charge >= 0.3 is 6.09 Å². The number of aliphatic hydroxyl groups excluding tert-OH is 1. The fraction of sp³-hybridized carbons (Fsp3) is 0.500. The Morgan fingerprint density at radius 1 is 1.35 bits per heavy atom. The largest absolute Gasteiger partial charge is 0.442 e. The van der Waals surface area contributed by atoms with Crippen molar-refractivity contribution < 1.29 is 23.8 Å². The van der Waals surface area contributed by atoms with Gasteiger partial charge in [-0.25, -0.2) is 13.9 Å². The van der Waals surface area contributed by atoms with Crippen LogP contribution in [0.25, 0.3) is 0 Å². The fourth-order valence-corrected chi connectivity index (χ4v) is 4.05. The summed E-state index contributed by atoms with van der Waals surface area (Å²) in [5.74, 6) is -0.615. The first-order valence-electron chi connectivity index (χ1n) is 10.2. The minimum Gasteiger partial charge on any atom is -0.442 e. The number of hydrogen-bond acceptors (Lipinski definition) is 7. The molecule has 2 aliphatic rings. The number of rotatable bonds is 6. The van der Waals surface area contributed by atoms with Crippen molar-refractivity contribution in [2.24, 2.45) is 0 Å². The van der Waals surface area contributed by atoms with E-state index in [1.165, 1.54) is 17.9 Å². The summed E-state index contributed by atoms with van der Waals surface area (Å²) >= 11 is 0. The minimum atomic E-state index is -0.559. The SMILES string of the molecule is CC(=O)NCC1CN(c2ccc(N3CCC(n4nncc4CO)CC3)c(F)c2)C(=O)O1. The monoisotopic (exact) mass is 432 g/mol. The van der Waals surface area contributed by atoms with Crippen LogP contribution in [0.2, 0.25) is 0 Å². The number of ether oxygens (including phenoxy) is 1. The molecule has 4 rings (SSSR count). The second kappa shape index (κ2) is 8.88. The molecule has 2 aromatic rings. The number of piperidine rings is 1. The Labute approximate surface area is 178 Å². The summed E-state index contributed by atoms with van der Waals surface area (Å²) in [5, 5.41) is 19.9. The zero-order valence-corrected chi connectivity index (χ0v) is 17.2. The first-order valence-corrected chi connectivity index (χ1v) is 10.2. The van der Waals surface area contributed by atoms with Crippen molar-refractivity contribution in [1.29, 1.82) is 0 Å². The summed E-state index contributed by atoms with van der Waals surface area (Å²) in [7, 11) is 0. The number of aliphatic hydroxyl groups is 1. The fourth-order valence-electron chi connectivity index (χ4n) is 4.05. The second-order valence-electron chi connectivity index (χ2n) is 7.74. The van der Waals surface area contributed by atoms with E-state index in [2.05, 4.69) is 15.6 Å². The van der Waals surface area contributed by atoms with Crippen molar-refractivity contribution >= 4 is 23.4 Å². The van der Waals surface area contributed by atoms with Crippen LogP contribution in [-0.2, 0) is 16.1 Å². The highest BCUT2D eigenvalue weighted by atomic mass is 19.1. The molecule has 11 heteroatoms. The van der Waals surface area contributed by atoms with Crippen LogP contribution in [0, 0.1) is 5.82 Å². The maximum Gasteiger partial charge on any atom is 0.414 e. The molecule has 1 aromatic heterocycles. The number of halogens is 1. The molecule has 0 aliphatic carbocycles. The van der Waals surface area contributed by atoms with Gasteiger partial charge in [-0.1, -0.05) is 5.21 Å². The lowest BCUT2D eigenvalue weighted by Gasteiger charge is -2.34. The van der Waals surface area contributed by atoms with Crippen molar-refractivity contribution in [3.05, 3.63) is 35.9 Å². The Morgan fingerprint density at radius 2 is 2.13 bits per heavy atom. The number of benzene rings is 1. The molecular weight excluding hydrogens is 407 g/mol. The van der Waals surface area contributed by atoms with E-state index in [-0.39, 0.29) is 31.6 Å². The smallest absolute Gasteiger partial charge is 0.414 e. The normalized spacial score (nSPS) is 19.6. The molecule has 0 bridgehead atoms. The van der Waals surface area contributed by atoms with Crippen molar-refractivity contribution in [2.75, 3.05) is 36.0 Å². The second-order valence-corrected chi connectivity index (χ2v) is 7.74. The third-order valence-corrected chi connectivity index (χ3v) is 5.66. The lowest BCUT2D eigenvalue weighted by atomic mass is 10.0. The van der Waals surface area contributed by atoms with Crippen molar-refractivity contribution in [3.63, 3.8) is 0 Å². The van der Waals surface area contributed by atoms with Gasteiger partial charge in [0.1, 0.15) is 11.9 Å². The molecule has 1 aromatic carbocycles. The van der Waals surface area contributed by atoms with Crippen LogP contribution in [0.5, 0.6) is 0 Å². The molecule has 1 atom stereocenters. The highest BCUT2D eigenvalue weighted by molar-refractivity contribution is 5.90. The van der Waals surface area contributed by atoms with Crippen LogP contribution in [0.1, 0.15) is 31.5 Å². The molecule has 31 heavy (non-hydrogen) atoms. The molecular formula is C20H25FN6O4. The number of aromatic nitrogens is 3. The zero-order valence-electron chi connectivity index (χ0n) is 17.2. The molecule has 0 spiro atoms. The van der Waals surface area contributed by atoms with Gasteiger partial charge in [-0.3, -0.25) is 9.69 Å². The predicted molar refractivity (Wildman–Crippen MR) is 109 cm³/mol. The molecule has 1 unspecified atom stereocenters. The van der Waals surface area contributed by atoms with Crippen LogP contribution in [-0.4, -0.2) is 64.4 Å². The van der Waals surface area contributed by atoms with E-state index < -0.39 is 18.0 Å². The summed E-state index contributed by atoms with van der Waals surface area (Å²) < 4.78 is 21.9. The maximum absolute atomic E-state index is 14.9. The number of nitrogens with zero attached hydrogens (tertiary/aromatic N) is 5. The van der Waals surface area contributed by atoms with Crippen LogP contribution in [0.4, 0.5) is 20.6 Å². The number of carbonyl (C=O) groups is 2. The first-order chi connectivity index (χ1) is 15.0. The van der Waals surface area contributed by atoms with E-state index in [1.54, 1.807) is 23.0 Å². The van der Waals surface area contributed by atoms with Gasteiger partial charge in [-0.15, -0.1) is 5.10 Å². The number of anilines is 2. The molecule has 0 saturated carbocycles. The van der Waals surface area contributed by atoms with Gasteiger partial charge in [0.25, 0.3) is 0 Å². The number of nitrogens with one attached hydrogen (secondary N) is 1. The summed E-state index contributed by atoms with van der Waals surface area (Å²) in [6, 6.07) is 4.83. The average molecular weight is 432 g/mol. The Hall–Kier alpha value is -3.21. The van der Waals surface area contributed by atoms with Gasteiger partial charge in [0, 0.05) is 20.0 Å². The summed E-state index contributed by atoms with van der Waals surface area (Å²) in [6.45, 7) is 3.01. The lowest BCUT2D eigenvalue weighted by molar-refractivity contribution is -0.119. The van der Waals surface area contributed by atoms with E-state index in [4.69, 9.17) is 4.74 Å². The highest BCUT2D eigenvalue weighted by Gasteiger charge is 2.33. The van der Waals surface area contributed by atoms with Crippen LogP contribution in [0.3, 0.4) is 0 Å². The number of cyclic esters (lactones) is 1. The van der Waals surface area contributed by atoms with Crippen molar-refractivity contribution in [2.45, 2.75) is 38.5 Å². The van der Waals surface area contributed by atoms with Gasteiger partial charge in [0.15, 0.2) is 0 Å². The lowest BCUT2D eigenvalue weighted by Crippen LogP contribution is -2.36. The molecule has 166 valence electrons. The Balaban J connectivity index is 1.39. The maximum atomic E-state index is 14.9. The Bertz CT molecular complexity index is 959. The first kappa shape index (κ1) is 21.0. The molecule has 2 aliphatic heterocycles. The summed E-state index contributed by atoms with van der Waals surface area (Å²) in [6.07, 6.45) is 2.02. The van der Waals surface area contributed by atoms with Gasteiger partial charge in [-0.2, -0.15) is 0 Å². The van der Waals surface area contributed by atoms with Gasteiger partial charge < -0.3 is 20.1 Å². The molecule has 2 saturated heterocycles. The van der Waals surface area contributed by atoms with E-state index >= 15 is 0 Å². The molecule has 2 fully saturated rings. The van der Waals surface area contributed by atoms with Crippen molar-refractivity contribution in [1.82, 2.24) is 20.3 Å². The molecule has 2 N–H and O–H groups in total. The molecule has 3 heterocycles. The third kappa shape index (κ3) is 4.46. The van der Waals surface area contributed by atoms with Crippen LogP contribution < -0.4 is 15.1 Å². The summed E-state index contributed by atoms with van der Waals surface area (Å²) in [4.78, 5) is 26.5. The standard InChI is InChI=1S/C20H25FN6O4/c1-13(29)22-10-17-11-26(20(30)31-17)15-2-3-19(18(21)8-15)25-6-4-14(5-7-25)27-16(12-28)9-23-24-27/h2-3,8-9,14,17,28H,4-7,10-12H2,1H3,(H,22,29). The summed E-state index contributed by atoms with van der Waals surface area (Å²) in [5.41, 5.74) is 1.57. The third-order valence-electron chi connectivity index (χ3n) is 5.66.